The molecular formula is C36H44CuN4O6. The molecule has 0 unspecified atom stereocenters. The van der Waals surface area contributed by atoms with Gasteiger partial charge in [-0.15, -0.1) is 0 Å². The smallest absolute Gasteiger partial charge is 0.872 e. The molecule has 0 aliphatic heterocycles. The number of nitro groups is 2. The van der Waals surface area contributed by atoms with Crippen molar-refractivity contribution in [2.24, 2.45) is 9.98 Å². The van der Waals surface area contributed by atoms with Crippen LogP contribution in [0.5, 0.6) is 11.5 Å². The Morgan fingerprint density at radius 2 is 0.830 bits per heavy atom. The Balaban J connectivity index is 0.00000768. The average Bonchev–Trinajstić information content (AvgIpc) is 2.88. The number of nitrogens with zero attached hydrogens (tertiary/aromatic N) is 4. The Kier molecular flexibility index (Phi) is 11.3. The molecule has 0 amide bonds. The molecule has 11 heteroatoms. The fraction of sp³-hybridized carbons (Fsp3) is 0.444. The molecule has 0 spiro atoms. The second-order valence-corrected chi connectivity index (χ2v) is 15.7. The summed E-state index contributed by atoms with van der Waals surface area (Å²) in [5.74, 6) is -0.481. The maximum Gasteiger partial charge on any atom is 2.00 e. The number of aliphatic imine (C=N–C) groups is 2. The number of hydrogen-bond acceptors (Lipinski definition) is 8. The molecule has 0 aliphatic carbocycles. The van der Waals surface area contributed by atoms with Crippen LogP contribution in [0.1, 0.15) is 116 Å². The summed E-state index contributed by atoms with van der Waals surface area (Å²) >= 11 is 0. The third kappa shape index (κ3) is 9.05. The van der Waals surface area contributed by atoms with Crippen LogP contribution in [0.4, 0.5) is 22.7 Å². The van der Waals surface area contributed by atoms with Crippen LogP contribution >= 0.6 is 0 Å². The van der Waals surface area contributed by atoms with Gasteiger partial charge in [0.05, 0.1) is 33.4 Å². The van der Waals surface area contributed by atoms with E-state index in [4.69, 9.17) is 0 Å². The second kappa shape index (κ2) is 13.6. The van der Waals surface area contributed by atoms with Crippen molar-refractivity contribution in [3.8, 4) is 11.5 Å². The SMILES string of the molecule is CC(C)(C)c1cc(C=Nc2cc([N+](=O)[O-])c([N+](=O)[O-])cc2N=Cc2cc(C(C)(C)C)cc(C(C)(C)C)c2[O-])c([O-])c(C(C)(C)C)c1.[Cu+2]. The zero-order valence-electron chi connectivity index (χ0n) is 29.2. The standard InChI is InChI=1S/C36H46N4O6.Cu/c1-33(2,3)23-13-21(31(41)25(15-23)35(7,8)9)19-37-27-17-29(39(43)44)30(40(45)46)18-28(27)38-20-22-14-24(34(4,5)6)16-26(32(22)42)36(10,11)12;/h13-20,41-42H,1-12H3;/q;+2/p-2. The van der Waals surface area contributed by atoms with Gasteiger partial charge in [0, 0.05) is 12.4 Å². The summed E-state index contributed by atoms with van der Waals surface area (Å²) in [6.07, 6.45) is 2.63. The van der Waals surface area contributed by atoms with Crippen LogP contribution < -0.4 is 10.2 Å². The van der Waals surface area contributed by atoms with Crippen LogP contribution in [0.2, 0.25) is 0 Å². The maximum absolute atomic E-state index is 13.5. The van der Waals surface area contributed by atoms with E-state index in [0.29, 0.717) is 11.1 Å². The Bertz CT molecular complexity index is 1620. The first kappa shape index (κ1) is 39.1. The summed E-state index contributed by atoms with van der Waals surface area (Å²) in [6, 6.07) is 9.19. The largest absolute Gasteiger partial charge is 2.00 e. The van der Waals surface area contributed by atoms with Crippen LogP contribution in [0, 0.1) is 20.2 Å². The monoisotopic (exact) mass is 691 g/mol. The summed E-state index contributed by atoms with van der Waals surface area (Å²) in [6.45, 7) is 23.8. The van der Waals surface area contributed by atoms with Gasteiger partial charge in [-0.1, -0.05) is 119 Å². The first-order chi connectivity index (χ1) is 20.8. The zero-order valence-corrected chi connectivity index (χ0v) is 30.1. The van der Waals surface area contributed by atoms with Crippen LogP contribution in [0.25, 0.3) is 0 Å². The van der Waals surface area contributed by atoms with Crippen LogP contribution in [0.3, 0.4) is 0 Å². The van der Waals surface area contributed by atoms with Crippen molar-refractivity contribution in [3.63, 3.8) is 0 Å². The average molecular weight is 692 g/mol. The first-order valence-corrected chi connectivity index (χ1v) is 15.1. The number of rotatable bonds is 6. The van der Waals surface area contributed by atoms with Gasteiger partial charge in [-0.3, -0.25) is 30.2 Å². The summed E-state index contributed by atoms with van der Waals surface area (Å²) in [7, 11) is 0. The first-order valence-electron chi connectivity index (χ1n) is 15.1. The minimum atomic E-state index is -0.861. The molecule has 3 rings (SSSR count). The van der Waals surface area contributed by atoms with Gasteiger partial charge in [0.25, 0.3) is 0 Å². The van der Waals surface area contributed by atoms with E-state index in [-0.39, 0.29) is 61.9 Å². The van der Waals surface area contributed by atoms with E-state index >= 15 is 0 Å². The van der Waals surface area contributed by atoms with Gasteiger partial charge in [0.1, 0.15) is 0 Å². The minimum absolute atomic E-state index is 0. The zero-order chi connectivity index (χ0) is 35.2. The second-order valence-electron chi connectivity index (χ2n) is 15.7. The third-order valence-electron chi connectivity index (χ3n) is 7.73. The normalized spacial score (nSPS) is 12.9. The molecule has 255 valence electrons. The molecule has 10 nitrogen and oxygen atoms in total. The minimum Gasteiger partial charge on any atom is -0.872 e. The van der Waals surface area contributed by atoms with Crippen molar-refractivity contribution in [3.05, 3.63) is 90.0 Å². The van der Waals surface area contributed by atoms with E-state index in [1.165, 1.54) is 12.4 Å². The van der Waals surface area contributed by atoms with Crippen LogP contribution in [0.15, 0.2) is 46.4 Å². The third-order valence-corrected chi connectivity index (χ3v) is 7.73. The number of nitro benzene ring substituents is 2. The molecule has 0 bridgehead atoms. The predicted molar refractivity (Wildman–Crippen MR) is 181 cm³/mol. The molecule has 0 fully saturated rings. The van der Waals surface area contributed by atoms with Crippen molar-refractivity contribution in [2.45, 2.75) is 105 Å². The van der Waals surface area contributed by atoms with Crippen molar-refractivity contribution < 1.29 is 37.1 Å². The van der Waals surface area contributed by atoms with Gasteiger partial charge >= 0.3 is 28.4 Å². The molecule has 0 heterocycles. The molecule has 1 radical (unpaired) electrons. The van der Waals surface area contributed by atoms with Crippen molar-refractivity contribution in [1.82, 2.24) is 0 Å². The molecular weight excluding hydrogens is 648 g/mol. The van der Waals surface area contributed by atoms with E-state index in [0.717, 1.165) is 23.3 Å². The summed E-state index contributed by atoms with van der Waals surface area (Å²) in [5.41, 5.74) is 0.329. The van der Waals surface area contributed by atoms with Gasteiger partial charge < -0.3 is 10.2 Å². The van der Waals surface area contributed by atoms with Gasteiger partial charge in [0.2, 0.25) is 0 Å². The van der Waals surface area contributed by atoms with Crippen LogP contribution in [-0.4, -0.2) is 22.3 Å². The molecule has 0 aliphatic rings. The molecule has 0 N–H and O–H groups in total. The number of hydrogen-bond donors (Lipinski definition) is 0. The van der Waals surface area contributed by atoms with Gasteiger partial charge in [-0.05, 0) is 55.0 Å². The van der Waals surface area contributed by atoms with Crippen molar-refractivity contribution >= 4 is 35.2 Å². The van der Waals surface area contributed by atoms with E-state index in [2.05, 4.69) is 9.98 Å². The van der Waals surface area contributed by atoms with E-state index < -0.39 is 32.1 Å². The topological polar surface area (TPSA) is 157 Å². The summed E-state index contributed by atoms with van der Waals surface area (Å²) in [4.78, 5) is 30.8. The predicted octanol–water partition coefficient (Wildman–Crippen LogP) is 8.34. The van der Waals surface area contributed by atoms with Gasteiger partial charge in [0.15, 0.2) is 0 Å². The van der Waals surface area contributed by atoms with Gasteiger partial charge in [-0.2, -0.15) is 0 Å². The fourth-order valence-electron chi connectivity index (χ4n) is 4.81. The van der Waals surface area contributed by atoms with Crippen molar-refractivity contribution in [1.29, 1.82) is 0 Å². The van der Waals surface area contributed by atoms with Crippen LogP contribution in [-0.2, 0) is 38.7 Å². The van der Waals surface area contributed by atoms with E-state index in [9.17, 15) is 30.4 Å². The van der Waals surface area contributed by atoms with E-state index in [1.807, 2.05) is 95.2 Å². The Hall–Kier alpha value is -4.08. The maximum atomic E-state index is 13.5. The fourth-order valence-corrected chi connectivity index (χ4v) is 4.81. The number of benzene rings is 3. The quantitative estimate of drug-likeness (QED) is 0.109. The molecule has 0 aromatic heterocycles. The molecule has 0 atom stereocenters. The molecule has 47 heavy (non-hydrogen) atoms. The molecule has 0 saturated heterocycles. The Labute approximate surface area is 287 Å². The molecule has 3 aromatic rings. The molecule has 0 saturated carbocycles. The van der Waals surface area contributed by atoms with Crippen molar-refractivity contribution in [2.75, 3.05) is 0 Å². The van der Waals surface area contributed by atoms with E-state index in [1.54, 1.807) is 12.1 Å². The summed E-state index contributed by atoms with van der Waals surface area (Å²) in [5, 5.41) is 50.7. The Morgan fingerprint density at radius 3 is 1.06 bits per heavy atom. The molecule has 3 aromatic carbocycles. The van der Waals surface area contributed by atoms with Gasteiger partial charge in [-0.25, -0.2) is 0 Å². The summed E-state index contributed by atoms with van der Waals surface area (Å²) < 4.78 is 0. The Morgan fingerprint density at radius 1 is 0.532 bits per heavy atom.